The van der Waals surface area contributed by atoms with Crippen molar-refractivity contribution >= 4 is 0 Å². The molecule has 1 aliphatic heterocycles. The lowest BCUT2D eigenvalue weighted by atomic mass is 9.90. The van der Waals surface area contributed by atoms with Gasteiger partial charge in [-0.05, 0) is 0 Å². The number of hydrogen-bond donors (Lipinski definition) is 0. The monoisotopic (exact) mass is 648 g/mol. The van der Waals surface area contributed by atoms with E-state index >= 15 is 0 Å². The van der Waals surface area contributed by atoms with Crippen LogP contribution in [0.5, 0.6) is 0 Å². The predicted octanol–water partition coefficient (Wildman–Crippen LogP) is 6.41. The summed E-state index contributed by atoms with van der Waals surface area (Å²) in [5.74, 6) is 0. The molecule has 0 N–H and O–H groups in total. The molecule has 0 amide bonds. The summed E-state index contributed by atoms with van der Waals surface area (Å²) in [6.45, 7) is -1.88. The van der Waals surface area contributed by atoms with E-state index in [2.05, 4.69) is 14.2 Å². The van der Waals surface area contributed by atoms with E-state index in [1.807, 2.05) is 0 Å². The van der Waals surface area contributed by atoms with Crippen LogP contribution in [0.1, 0.15) is 6.92 Å². The smallest absolute Gasteiger partial charge is 0.380 e. The van der Waals surface area contributed by atoms with Gasteiger partial charge in [0.1, 0.15) is 6.61 Å². The third-order valence-corrected chi connectivity index (χ3v) is 4.01. The maximum absolute atomic E-state index is 13.4. The second kappa shape index (κ2) is 10.6. The fourth-order valence-corrected chi connectivity index (χ4v) is 2.06. The van der Waals surface area contributed by atoms with E-state index in [-0.39, 0.29) is 13.2 Å². The van der Waals surface area contributed by atoms with Crippen LogP contribution in [0.3, 0.4) is 0 Å². The summed E-state index contributed by atoms with van der Waals surface area (Å²) in [4.78, 5) is 0. The Morgan fingerprint density at radius 2 is 0.800 bits per heavy atom. The zero-order valence-corrected chi connectivity index (χ0v) is 18.5. The molecule has 40 heavy (non-hydrogen) atoms. The number of halogens is 19. The highest BCUT2D eigenvalue weighted by atomic mass is 19.4. The number of alkyl halides is 19. The van der Waals surface area contributed by atoms with Gasteiger partial charge in [0.05, 0.1) is 19.8 Å². The number of hydrogen-bond acceptors (Lipinski definition) is 6. The van der Waals surface area contributed by atoms with Crippen molar-refractivity contribution in [1.29, 1.82) is 0 Å². The van der Waals surface area contributed by atoms with Crippen LogP contribution in [-0.4, -0.2) is 81.5 Å². The van der Waals surface area contributed by atoms with Crippen molar-refractivity contribution < 1.29 is 112 Å². The van der Waals surface area contributed by atoms with E-state index in [1.54, 1.807) is 4.74 Å². The Morgan fingerprint density at radius 1 is 0.500 bits per heavy atom. The Hall–Kier alpha value is -1.57. The minimum Gasteiger partial charge on any atom is -0.380 e. The van der Waals surface area contributed by atoms with Crippen LogP contribution in [-0.2, 0) is 28.4 Å². The van der Waals surface area contributed by atoms with Crippen LogP contribution < -0.4 is 0 Å². The standard InChI is InChI=1S/C15H11F19O6/c1-6(2-35-3-6)4-36-5-7(16,17)37-10(23,24)11(25,26)39-14(31,32)15(33,34)40-13(29,30)12(27,28)38-9(21,22)8(18,19)20/h2-5H2,1H3. The molecule has 0 bridgehead atoms. The molecular formula is C15H11F19O6. The molecule has 1 rings (SSSR count). The highest BCUT2D eigenvalue weighted by Gasteiger charge is 2.78. The molecule has 6 nitrogen and oxygen atoms in total. The van der Waals surface area contributed by atoms with Crippen LogP contribution in [0.4, 0.5) is 83.4 Å². The molecule has 0 spiro atoms. The van der Waals surface area contributed by atoms with Crippen molar-refractivity contribution in [3.8, 4) is 0 Å². The summed E-state index contributed by atoms with van der Waals surface area (Å²) in [6.07, 6.45) is -65.3. The second-order valence-corrected chi connectivity index (χ2v) is 7.96. The van der Waals surface area contributed by atoms with Gasteiger partial charge in [0.2, 0.25) is 0 Å². The van der Waals surface area contributed by atoms with Gasteiger partial charge in [0, 0.05) is 5.41 Å². The van der Waals surface area contributed by atoms with Gasteiger partial charge in [-0.3, -0.25) is 0 Å². The van der Waals surface area contributed by atoms with Crippen LogP contribution in [0.25, 0.3) is 0 Å². The maximum Gasteiger partial charge on any atom is 0.483 e. The average molecular weight is 648 g/mol. The van der Waals surface area contributed by atoms with E-state index in [1.165, 1.54) is 16.4 Å². The summed E-state index contributed by atoms with van der Waals surface area (Å²) >= 11 is 0. The minimum absolute atomic E-state index is 0.102. The lowest BCUT2D eigenvalue weighted by Gasteiger charge is -2.38. The highest BCUT2D eigenvalue weighted by molar-refractivity contribution is 4.82. The fourth-order valence-electron chi connectivity index (χ4n) is 2.06. The first-order chi connectivity index (χ1) is 17.2. The van der Waals surface area contributed by atoms with Crippen LogP contribution in [0.15, 0.2) is 0 Å². The zero-order valence-electron chi connectivity index (χ0n) is 18.5. The molecule has 0 aromatic carbocycles. The van der Waals surface area contributed by atoms with Crippen molar-refractivity contribution in [3.05, 3.63) is 0 Å². The van der Waals surface area contributed by atoms with Gasteiger partial charge in [0.25, 0.3) is 0 Å². The van der Waals surface area contributed by atoms with E-state index in [0.29, 0.717) is 0 Å². The van der Waals surface area contributed by atoms with Gasteiger partial charge in [0.15, 0.2) is 0 Å². The third kappa shape index (κ3) is 8.25. The van der Waals surface area contributed by atoms with Gasteiger partial charge in [-0.25, -0.2) is 18.9 Å². The van der Waals surface area contributed by atoms with Gasteiger partial charge in [-0.2, -0.15) is 83.4 Å². The number of rotatable bonds is 15. The first-order valence-corrected chi connectivity index (χ1v) is 9.29. The predicted molar refractivity (Wildman–Crippen MR) is 79.7 cm³/mol. The molecule has 0 unspecified atom stereocenters. The van der Waals surface area contributed by atoms with Crippen molar-refractivity contribution in [1.82, 2.24) is 0 Å². The Morgan fingerprint density at radius 3 is 1.07 bits per heavy atom. The van der Waals surface area contributed by atoms with Gasteiger partial charge < -0.3 is 9.47 Å². The summed E-state index contributed by atoms with van der Waals surface area (Å²) in [6, 6.07) is 0. The molecule has 0 radical (unpaired) electrons. The molecule has 0 aromatic rings. The van der Waals surface area contributed by atoms with Crippen LogP contribution >= 0.6 is 0 Å². The molecule has 25 heteroatoms. The van der Waals surface area contributed by atoms with E-state index in [4.69, 9.17) is 0 Å². The topological polar surface area (TPSA) is 55.4 Å². The second-order valence-electron chi connectivity index (χ2n) is 7.96. The Kier molecular flexibility index (Phi) is 9.67. The molecular weight excluding hydrogens is 637 g/mol. The summed E-state index contributed by atoms with van der Waals surface area (Å²) in [5, 5.41) is 0. The zero-order chi connectivity index (χ0) is 32.1. The van der Waals surface area contributed by atoms with Crippen molar-refractivity contribution in [2.24, 2.45) is 5.41 Å². The van der Waals surface area contributed by atoms with Crippen LogP contribution in [0, 0.1) is 5.41 Å². The Labute approximate surface area is 207 Å². The van der Waals surface area contributed by atoms with Crippen LogP contribution in [0.2, 0.25) is 0 Å². The molecule has 0 atom stereocenters. The Balaban J connectivity index is 3.03. The lowest BCUT2D eigenvalue weighted by Crippen LogP contribution is -2.60. The van der Waals surface area contributed by atoms with E-state index in [0.717, 1.165) is 0 Å². The molecule has 1 heterocycles. The SMILES string of the molecule is CC1(COCC(F)(F)OC(F)(F)C(F)(F)OC(F)(F)C(F)(F)OC(F)(F)C(F)(F)OC(F)(F)C(F)(F)F)COC1. The maximum atomic E-state index is 13.4. The first kappa shape index (κ1) is 36.5. The summed E-state index contributed by atoms with van der Waals surface area (Å²) < 4.78 is 262. The summed E-state index contributed by atoms with van der Waals surface area (Å²) in [5.41, 5.74) is -0.953. The molecule has 1 fully saturated rings. The normalized spacial score (nSPS) is 18.6. The molecule has 1 aliphatic rings. The molecule has 0 saturated carbocycles. The lowest BCUT2D eigenvalue weighted by molar-refractivity contribution is -0.582. The largest absolute Gasteiger partial charge is 0.483 e. The number of ether oxygens (including phenoxy) is 6. The molecule has 0 aliphatic carbocycles. The average Bonchev–Trinajstić information content (AvgIpc) is 2.61. The van der Waals surface area contributed by atoms with Crippen molar-refractivity contribution in [2.75, 3.05) is 26.4 Å². The van der Waals surface area contributed by atoms with Gasteiger partial charge in [-0.1, -0.05) is 6.92 Å². The van der Waals surface area contributed by atoms with Gasteiger partial charge in [-0.15, -0.1) is 0 Å². The Bertz CT molecular complexity index is 869. The molecule has 1 saturated heterocycles. The first-order valence-electron chi connectivity index (χ1n) is 9.29. The van der Waals surface area contributed by atoms with E-state index < -0.39 is 73.7 Å². The molecule has 240 valence electrons. The van der Waals surface area contributed by atoms with Gasteiger partial charge >= 0.3 is 55.0 Å². The van der Waals surface area contributed by atoms with Crippen molar-refractivity contribution in [3.63, 3.8) is 0 Å². The quantitative estimate of drug-likeness (QED) is 0.192. The minimum atomic E-state index is -7.75. The summed E-state index contributed by atoms with van der Waals surface area (Å²) in [7, 11) is 0. The van der Waals surface area contributed by atoms with Crippen molar-refractivity contribution in [2.45, 2.75) is 62.0 Å². The van der Waals surface area contributed by atoms with E-state index in [9.17, 15) is 83.4 Å². The fraction of sp³-hybridized carbons (Fsp3) is 1.00. The third-order valence-electron chi connectivity index (χ3n) is 4.01. The molecule has 0 aromatic heterocycles. The highest BCUT2D eigenvalue weighted by Crippen LogP contribution is 2.52.